The highest BCUT2D eigenvalue weighted by Gasteiger charge is 2.27. The molecule has 1 fully saturated rings. The Balaban J connectivity index is 1.45. The zero-order chi connectivity index (χ0) is 23.7. The lowest BCUT2D eigenvalue weighted by molar-refractivity contribution is 0.235. The van der Waals surface area contributed by atoms with Crippen LogP contribution >= 0.6 is 0 Å². The Bertz CT molecular complexity index is 1180. The molecule has 2 aromatic carbocycles. The first-order valence-electron chi connectivity index (χ1n) is 12.0. The number of fused-ring (bicyclic) bond motifs is 1. The van der Waals surface area contributed by atoms with E-state index >= 15 is 0 Å². The van der Waals surface area contributed by atoms with Crippen LogP contribution in [0.25, 0.3) is 0 Å². The molecule has 1 saturated heterocycles. The largest absolute Gasteiger partial charge is 0.438 e. The normalized spacial score (nSPS) is 17.0. The Morgan fingerprint density at radius 2 is 1.85 bits per heavy atom. The number of nitrogens with zero attached hydrogens (tertiary/aromatic N) is 4. The summed E-state index contributed by atoms with van der Waals surface area (Å²) >= 11 is 0. The summed E-state index contributed by atoms with van der Waals surface area (Å²) in [6.07, 6.45) is 2.94. The molecular formula is C27H30F2N4O. The van der Waals surface area contributed by atoms with Gasteiger partial charge in [0, 0.05) is 50.8 Å². The molecule has 0 aliphatic carbocycles. The van der Waals surface area contributed by atoms with Crippen LogP contribution in [0.4, 0.5) is 14.7 Å². The number of piperidine rings is 1. The van der Waals surface area contributed by atoms with Crippen LogP contribution in [0.2, 0.25) is 0 Å². The fourth-order valence-electron chi connectivity index (χ4n) is 4.70. The third-order valence-electron chi connectivity index (χ3n) is 6.76. The number of ether oxygens (including phenoxy) is 1. The number of halogens is 2. The van der Waals surface area contributed by atoms with Gasteiger partial charge < -0.3 is 9.64 Å². The minimum absolute atomic E-state index is 0.196. The van der Waals surface area contributed by atoms with Gasteiger partial charge in [-0.25, -0.2) is 13.8 Å². The third-order valence-corrected chi connectivity index (χ3v) is 6.76. The van der Waals surface area contributed by atoms with E-state index in [-0.39, 0.29) is 11.6 Å². The molecule has 5 nitrogen and oxygen atoms in total. The van der Waals surface area contributed by atoms with Gasteiger partial charge in [-0.3, -0.25) is 4.90 Å². The van der Waals surface area contributed by atoms with Crippen molar-refractivity contribution in [2.75, 3.05) is 24.5 Å². The summed E-state index contributed by atoms with van der Waals surface area (Å²) in [5.41, 5.74) is 3.55. The first-order valence-corrected chi connectivity index (χ1v) is 12.0. The minimum Gasteiger partial charge on any atom is -0.438 e. The summed E-state index contributed by atoms with van der Waals surface area (Å²) in [5, 5.41) is 0. The van der Waals surface area contributed by atoms with Crippen LogP contribution in [0.3, 0.4) is 0 Å². The molecule has 0 unspecified atom stereocenters. The van der Waals surface area contributed by atoms with Crippen LogP contribution in [0.15, 0.2) is 42.5 Å². The van der Waals surface area contributed by atoms with Crippen molar-refractivity contribution in [3.05, 3.63) is 76.5 Å². The SMILES string of the molecule is Cc1ccc(F)c(CN2CCc3nc(N4CCC(C)CC4)nc(Oc4cccc(F)c4)c3C2)c1. The van der Waals surface area contributed by atoms with Gasteiger partial charge in [-0.1, -0.05) is 30.7 Å². The Morgan fingerprint density at radius 1 is 1.03 bits per heavy atom. The Labute approximate surface area is 199 Å². The van der Waals surface area contributed by atoms with E-state index in [9.17, 15) is 8.78 Å². The molecule has 5 rings (SSSR count). The number of aryl methyl sites for hydroxylation is 1. The smallest absolute Gasteiger partial charge is 0.228 e. The number of rotatable bonds is 5. The van der Waals surface area contributed by atoms with Gasteiger partial charge in [0.1, 0.15) is 17.4 Å². The average molecular weight is 465 g/mol. The first kappa shape index (κ1) is 22.7. The van der Waals surface area contributed by atoms with E-state index < -0.39 is 0 Å². The van der Waals surface area contributed by atoms with Crippen LogP contribution in [-0.4, -0.2) is 34.5 Å². The molecule has 0 bridgehead atoms. The Hall–Kier alpha value is -3.06. The standard InChI is InChI=1S/C27H30F2N4O/c1-18-8-12-33(13-9-18)27-30-25-10-11-32(16-20-14-19(2)6-7-24(20)29)17-23(25)26(31-27)34-22-5-3-4-21(28)15-22/h3-7,14-15,18H,8-13,16-17H2,1-2H3. The molecule has 0 radical (unpaired) electrons. The molecule has 0 amide bonds. The molecule has 2 aliphatic rings. The molecule has 0 spiro atoms. The summed E-state index contributed by atoms with van der Waals surface area (Å²) in [6, 6.07) is 11.3. The van der Waals surface area contributed by atoms with E-state index in [1.807, 2.05) is 13.0 Å². The maximum atomic E-state index is 14.4. The van der Waals surface area contributed by atoms with Crippen molar-refractivity contribution in [3.8, 4) is 11.6 Å². The van der Waals surface area contributed by atoms with Crippen molar-refractivity contribution >= 4 is 5.95 Å². The third kappa shape index (κ3) is 5.04. The highest BCUT2D eigenvalue weighted by atomic mass is 19.1. The maximum Gasteiger partial charge on any atom is 0.228 e. The van der Waals surface area contributed by atoms with E-state index in [2.05, 4.69) is 16.7 Å². The van der Waals surface area contributed by atoms with Crippen molar-refractivity contribution in [3.63, 3.8) is 0 Å². The number of anilines is 1. The van der Waals surface area contributed by atoms with Crippen molar-refractivity contribution in [1.82, 2.24) is 14.9 Å². The van der Waals surface area contributed by atoms with Crippen LogP contribution in [0.5, 0.6) is 11.6 Å². The summed E-state index contributed by atoms with van der Waals surface area (Å²) in [6.45, 7) is 7.89. The van der Waals surface area contributed by atoms with Crippen LogP contribution in [0.1, 0.15) is 42.1 Å². The number of hydrogen-bond donors (Lipinski definition) is 0. The summed E-state index contributed by atoms with van der Waals surface area (Å²) in [4.78, 5) is 14.1. The fourth-order valence-corrected chi connectivity index (χ4v) is 4.70. The summed E-state index contributed by atoms with van der Waals surface area (Å²) < 4.78 is 34.4. The molecule has 1 aromatic heterocycles. The molecule has 0 saturated carbocycles. The van der Waals surface area contributed by atoms with Gasteiger partial charge in [-0.05, 0) is 43.9 Å². The van der Waals surface area contributed by atoms with E-state index in [1.54, 1.807) is 18.2 Å². The second-order valence-electron chi connectivity index (χ2n) is 9.54. The second-order valence-corrected chi connectivity index (χ2v) is 9.54. The molecule has 2 aliphatic heterocycles. The van der Waals surface area contributed by atoms with Gasteiger partial charge in [0.2, 0.25) is 11.8 Å². The van der Waals surface area contributed by atoms with Gasteiger partial charge in [-0.15, -0.1) is 0 Å². The molecule has 0 N–H and O–H groups in total. The number of benzene rings is 2. The lowest BCUT2D eigenvalue weighted by Gasteiger charge is -2.33. The molecule has 7 heteroatoms. The van der Waals surface area contributed by atoms with Gasteiger partial charge in [0.15, 0.2) is 0 Å². The van der Waals surface area contributed by atoms with Gasteiger partial charge >= 0.3 is 0 Å². The van der Waals surface area contributed by atoms with Crippen molar-refractivity contribution in [1.29, 1.82) is 0 Å². The van der Waals surface area contributed by atoms with Gasteiger partial charge in [0.05, 0.1) is 11.3 Å². The lowest BCUT2D eigenvalue weighted by atomic mass is 9.99. The molecule has 3 heterocycles. The monoisotopic (exact) mass is 464 g/mol. The Morgan fingerprint density at radius 3 is 2.65 bits per heavy atom. The van der Waals surface area contributed by atoms with Gasteiger partial charge in [-0.2, -0.15) is 4.98 Å². The first-order chi connectivity index (χ1) is 16.4. The minimum atomic E-state index is -0.359. The summed E-state index contributed by atoms with van der Waals surface area (Å²) in [5.74, 6) is 1.68. The van der Waals surface area contributed by atoms with Crippen molar-refractivity contribution in [2.45, 2.75) is 46.2 Å². The zero-order valence-electron chi connectivity index (χ0n) is 19.7. The fraction of sp³-hybridized carbons (Fsp3) is 0.407. The number of aromatic nitrogens is 2. The van der Waals surface area contributed by atoms with Crippen LogP contribution < -0.4 is 9.64 Å². The average Bonchev–Trinajstić information content (AvgIpc) is 2.82. The molecule has 178 valence electrons. The van der Waals surface area contributed by atoms with E-state index in [4.69, 9.17) is 14.7 Å². The van der Waals surface area contributed by atoms with Crippen molar-refractivity contribution < 1.29 is 13.5 Å². The van der Waals surface area contributed by atoms with E-state index in [0.717, 1.165) is 55.7 Å². The quantitative estimate of drug-likeness (QED) is 0.488. The van der Waals surface area contributed by atoms with E-state index in [0.29, 0.717) is 42.1 Å². The van der Waals surface area contributed by atoms with Crippen LogP contribution in [0, 0.1) is 24.5 Å². The van der Waals surface area contributed by atoms with Gasteiger partial charge in [0.25, 0.3) is 0 Å². The molecule has 0 atom stereocenters. The maximum absolute atomic E-state index is 14.4. The molecule has 34 heavy (non-hydrogen) atoms. The molecular weight excluding hydrogens is 434 g/mol. The second kappa shape index (κ2) is 9.66. The number of hydrogen-bond acceptors (Lipinski definition) is 5. The lowest BCUT2D eigenvalue weighted by Crippen LogP contribution is -2.36. The summed E-state index contributed by atoms with van der Waals surface area (Å²) in [7, 11) is 0. The highest BCUT2D eigenvalue weighted by molar-refractivity contribution is 5.44. The van der Waals surface area contributed by atoms with Crippen LogP contribution in [-0.2, 0) is 19.5 Å². The van der Waals surface area contributed by atoms with E-state index in [1.165, 1.54) is 18.2 Å². The van der Waals surface area contributed by atoms with Crippen molar-refractivity contribution in [2.24, 2.45) is 5.92 Å². The predicted octanol–water partition coefficient (Wildman–Crippen LogP) is 5.65. The topological polar surface area (TPSA) is 41.5 Å². The molecule has 3 aromatic rings. The highest BCUT2D eigenvalue weighted by Crippen LogP contribution is 2.33. The predicted molar refractivity (Wildman–Crippen MR) is 128 cm³/mol. The zero-order valence-corrected chi connectivity index (χ0v) is 19.7. The Kier molecular flexibility index (Phi) is 6.46.